The second-order valence-corrected chi connectivity index (χ2v) is 7.55. The first kappa shape index (κ1) is 20.9. The smallest absolute Gasteiger partial charge is 0.250 e. The molecule has 7 heteroatoms. The fourth-order valence-electron chi connectivity index (χ4n) is 3.46. The first-order valence-electron chi connectivity index (χ1n) is 9.60. The van der Waals surface area contributed by atoms with Crippen molar-refractivity contribution in [3.63, 3.8) is 0 Å². The summed E-state index contributed by atoms with van der Waals surface area (Å²) in [5, 5.41) is 3.25. The van der Waals surface area contributed by atoms with Gasteiger partial charge in [-0.1, -0.05) is 48.0 Å². The third kappa shape index (κ3) is 5.35. The van der Waals surface area contributed by atoms with Gasteiger partial charge in [-0.15, -0.1) is 0 Å². The number of halogens is 1. The van der Waals surface area contributed by atoms with Crippen LogP contribution < -0.4 is 5.32 Å². The van der Waals surface area contributed by atoms with Crippen LogP contribution in [0.25, 0.3) is 0 Å². The highest BCUT2D eigenvalue weighted by Gasteiger charge is 2.34. The van der Waals surface area contributed by atoms with Crippen molar-refractivity contribution in [2.24, 2.45) is 0 Å². The number of amides is 3. The Bertz CT molecular complexity index is 888. The molecule has 2 aromatic carbocycles. The molecule has 1 fully saturated rings. The van der Waals surface area contributed by atoms with Crippen molar-refractivity contribution in [2.75, 3.05) is 25.5 Å². The first-order chi connectivity index (χ1) is 14.0. The number of anilines is 1. The molecular formula is C22H24ClN3O3. The van der Waals surface area contributed by atoms with Crippen molar-refractivity contribution in [3.8, 4) is 0 Å². The van der Waals surface area contributed by atoms with E-state index in [9.17, 15) is 14.4 Å². The molecule has 1 saturated heterocycles. The number of hydrogen-bond donors (Lipinski definition) is 1. The zero-order valence-corrected chi connectivity index (χ0v) is 17.1. The van der Waals surface area contributed by atoms with Crippen LogP contribution in [0.1, 0.15) is 30.9 Å². The molecule has 2 aromatic rings. The Labute approximate surface area is 175 Å². The molecule has 1 heterocycles. The molecule has 1 aliphatic heterocycles. The molecule has 3 rings (SSSR count). The van der Waals surface area contributed by atoms with Crippen molar-refractivity contribution < 1.29 is 14.4 Å². The number of nitrogens with zero attached hydrogens (tertiary/aromatic N) is 2. The number of carbonyl (C=O) groups excluding carboxylic acids is 3. The zero-order valence-electron chi connectivity index (χ0n) is 16.3. The van der Waals surface area contributed by atoms with Crippen molar-refractivity contribution in [1.29, 1.82) is 0 Å². The number of nitrogens with one attached hydrogen (secondary N) is 1. The van der Waals surface area contributed by atoms with E-state index in [-0.39, 0.29) is 24.3 Å². The van der Waals surface area contributed by atoms with Crippen molar-refractivity contribution >= 4 is 35.0 Å². The molecule has 0 bridgehead atoms. The van der Waals surface area contributed by atoms with Gasteiger partial charge < -0.3 is 15.1 Å². The number of likely N-dealkylation sites (tertiary alicyclic amines) is 1. The minimum atomic E-state index is -0.729. The maximum atomic E-state index is 13.3. The lowest BCUT2D eigenvalue weighted by molar-refractivity contribution is -0.147. The van der Waals surface area contributed by atoms with Crippen molar-refractivity contribution in [3.05, 3.63) is 65.2 Å². The summed E-state index contributed by atoms with van der Waals surface area (Å²) in [6.07, 6.45) is 2.14. The average molecular weight is 414 g/mol. The Morgan fingerprint density at radius 2 is 1.90 bits per heavy atom. The van der Waals surface area contributed by atoms with Gasteiger partial charge in [-0.25, -0.2) is 0 Å². The Morgan fingerprint density at radius 1 is 1.14 bits per heavy atom. The quantitative estimate of drug-likeness (QED) is 0.788. The largest absolute Gasteiger partial charge is 0.334 e. The van der Waals surface area contributed by atoms with Gasteiger partial charge >= 0.3 is 0 Å². The fraction of sp³-hybridized carbons (Fsp3) is 0.318. The van der Waals surface area contributed by atoms with Crippen LogP contribution in [0, 0.1) is 0 Å². The maximum Gasteiger partial charge on any atom is 0.250 e. The Kier molecular flexibility index (Phi) is 6.88. The van der Waals surface area contributed by atoms with E-state index in [1.54, 1.807) is 36.2 Å². The van der Waals surface area contributed by atoms with Crippen molar-refractivity contribution in [1.82, 2.24) is 9.80 Å². The number of benzene rings is 2. The molecular weight excluding hydrogens is 390 g/mol. The van der Waals surface area contributed by atoms with Crippen LogP contribution in [0.3, 0.4) is 0 Å². The summed E-state index contributed by atoms with van der Waals surface area (Å²) in [6.45, 7) is 0.406. The van der Waals surface area contributed by atoms with E-state index in [1.807, 2.05) is 30.3 Å². The molecule has 0 aliphatic carbocycles. The van der Waals surface area contributed by atoms with E-state index in [2.05, 4.69) is 5.32 Å². The van der Waals surface area contributed by atoms with Crippen LogP contribution in [0.2, 0.25) is 5.02 Å². The molecule has 0 saturated carbocycles. The highest BCUT2D eigenvalue weighted by Crippen LogP contribution is 2.27. The predicted octanol–water partition coefficient (Wildman–Crippen LogP) is 3.49. The first-order valence-corrected chi connectivity index (χ1v) is 9.98. The van der Waals surface area contributed by atoms with Gasteiger partial charge in [-0.2, -0.15) is 0 Å². The van der Waals surface area contributed by atoms with Gasteiger partial charge in [0.15, 0.2) is 0 Å². The third-order valence-electron chi connectivity index (χ3n) is 4.89. The Morgan fingerprint density at radius 3 is 2.59 bits per heavy atom. The predicted molar refractivity (Wildman–Crippen MR) is 112 cm³/mol. The molecule has 29 heavy (non-hydrogen) atoms. The number of piperidine rings is 1. The lowest BCUT2D eigenvalue weighted by Gasteiger charge is -2.36. The van der Waals surface area contributed by atoms with E-state index in [0.717, 1.165) is 18.4 Å². The van der Waals surface area contributed by atoms with Gasteiger partial charge in [0.2, 0.25) is 17.7 Å². The topological polar surface area (TPSA) is 69.7 Å². The summed E-state index contributed by atoms with van der Waals surface area (Å²) in [5.74, 6) is -0.650. The Hall–Kier alpha value is -2.86. The third-order valence-corrected chi connectivity index (χ3v) is 5.12. The number of hydrogen-bond acceptors (Lipinski definition) is 3. The van der Waals surface area contributed by atoms with Gasteiger partial charge in [-0.3, -0.25) is 14.4 Å². The van der Waals surface area contributed by atoms with Gasteiger partial charge in [0, 0.05) is 30.7 Å². The van der Waals surface area contributed by atoms with E-state index in [0.29, 0.717) is 23.7 Å². The van der Waals surface area contributed by atoms with Gasteiger partial charge in [0.1, 0.15) is 6.04 Å². The summed E-state index contributed by atoms with van der Waals surface area (Å²) in [7, 11) is 1.57. The molecule has 0 aromatic heterocycles. The van der Waals surface area contributed by atoms with Crippen LogP contribution in [-0.2, 0) is 14.4 Å². The summed E-state index contributed by atoms with van der Waals surface area (Å²) in [5.41, 5.74) is 1.31. The molecule has 6 nitrogen and oxygen atoms in total. The van der Waals surface area contributed by atoms with Crippen LogP contribution in [0.15, 0.2) is 54.6 Å². The fourth-order valence-corrected chi connectivity index (χ4v) is 3.65. The number of carbonyl (C=O) groups is 3. The monoisotopic (exact) mass is 413 g/mol. The zero-order chi connectivity index (χ0) is 20.8. The van der Waals surface area contributed by atoms with E-state index < -0.39 is 6.04 Å². The van der Waals surface area contributed by atoms with E-state index in [1.165, 1.54) is 4.90 Å². The van der Waals surface area contributed by atoms with Gasteiger partial charge in [-0.05, 0) is 36.6 Å². The van der Waals surface area contributed by atoms with E-state index >= 15 is 0 Å². The molecule has 1 N–H and O–H groups in total. The maximum absolute atomic E-state index is 13.3. The highest BCUT2D eigenvalue weighted by atomic mass is 35.5. The molecule has 1 unspecified atom stereocenters. The van der Waals surface area contributed by atoms with Crippen LogP contribution in [0.5, 0.6) is 0 Å². The SMILES string of the molecule is CN(CC(=O)Nc1cccc(Cl)c1)C(=O)C(c1ccccc1)N1CCCCC1=O. The van der Waals surface area contributed by atoms with E-state index in [4.69, 9.17) is 11.6 Å². The minimum Gasteiger partial charge on any atom is -0.334 e. The molecule has 1 atom stereocenters. The summed E-state index contributed by atoms with van der Waals surface area (Å²) in [6, 6.07) is 15.3. The Balaban J connectivity index is 1.74. The second-order valence-electron chi connectivity index (χ2n) is 7.11. The average Bonchev–Trinajstić information content (AvgIpc) is 2.70. The molecule has 3 amide bonds. The highest BCUT2D eigenvalue weighted by molar-refractivity contribution is 6.30. The van der Waals surface area contributed by atoms with Gasteiger partial charge in [0.25, 0.3) is 0 Å². The van der Waals surface area contributed by atoms with Crippen LogP contribution in [-0.4, -0.2) is 47.7 Å². The van der Waals surface area contributed by atoms with Crippen molar-refractivity contribution in [2.45, 2.75) is 25.3 Å². The molecule has 1 aliphatic rings. The summed E-state index contributed by atoms with van der Waals surface area (Å²) < 4.78 is 0. The molecule has 0 spiro atoms. The lowest BCUT2D eigenvalue weighted by atomic mass is 10.00. The number of rotatable bonds is 6. The summed E-state index contributed by atoms with van der Waals surface area (Å²) >= 11 is 5.94. The van der Waals surface area contributed by atoms with Crippen LogP contribution >= 0.6 is 11.6 Å². The number of likely N-dealkylation sites (N-methyl/N-ethyl adjacent to an activating group) is 1. The normalized spacial score (nSPS) is 15.0. The standard InChI is InChI=1S/C22H24ClN3O3/c1-25(15-19(27)24-18-11-7-10-17(23)14-18)22(29)21(16-8-3-2-4-9-16)26-13-6-5-12-20(26)28/h2-4,7-11,14,21H,5-6,12-13,15H2,1H3,(H,24,27). The minimum absolute atomic E-state index is 0.0322. The van der Waals surface area contributed by atoms with Crippen LogP contribution in [0.4, 0.5) is 5.69 Å². The molecule has 0 radical (unpaired) electrons. The van der Waals surface area contributed by atoms with Gasteiger partial charge in [0.05, 0.1) is 6.54 Å². The molecule has 152 valence electrons. The lowest BCUT2D eigenvalue weighted by Crippen LogP contribution is -2.47. The summed E-state index contributed by atoms with van der Waals surface area (Å²) in [4.78, 5) is 41.2. The second kappa shape index (κ2) is 9.56.